The van der Waals surface area contributed by atoms with Gasteiger partial charge < -0.3 is 17.1 Å². The Hall–Kier alpha value is -0.0161. The van der Waals surface area contributed by atoms with Crippen LogP contribution < -0.4 is 0 Å². The van der Waals surface area contributed by atoms with Gasteiger partial charge in [-0.1, -0.05) is 69.0 Å². The first-order chi connectivity index (χ1) is 12.2. The van der Waals surface area contributed by atoms with E-state index in [4.69, 9.17) is 0 Å². The van der Waals surface area contributed by atoms with E-state index in [1.54, 1.807) is 0 Å². The van der Waals surface area contributed by atoms with E-state index in [0.717, 1.165) is 50.5 Å². The van der Waals surface area contributed by atoms with Crippen LogP contribution in [0.15, 0.2) is 36.4 Å². The SMILES string of the molecule is [CH2-]CC/C=C\C[C@H]1CC[C@@H](O)[C@@H]1c1ccc(C(O)CCCCC)cc1.[Y]. The molecule has 0 amide bonds. The minimum absolute atomic E-state index is 0. The maximum absolute atomic E-state index is 10.5. The van der Waals surface area contributed by atoms with Crippen LogP contribution in [0.4, 0.5) is 0 Å². The van der Waals surface area contributed by atoms with E-state index >= 15 is 0 Å². The van der Waals surface area contributed by atoms with Crippen molar-refractivity contribution in [3.63, 3.8) is 0 Å². The Kier molecular flexibility index (Phi) is 12.2. The molecule has 1 aromatic carbocycles. The molecule has 3 heteroatoms. The van der Waals surface area contributed by atoms with Crippen LogP contribution in [0.25, 0.3) is 0 Å². The van der Waals surface area contributed by atoms with Gasteiger partial charge in [-0.3, -0.25) is 0 Å². The molecular formula is C23H35O2Y-. The second-order valence-electron chi connectivity index (χ2n) is 7.46. The van der Waals surface area contributed by atoms with Gasteiger partial charge in [0.15, 0.2) is 0 Å². The Morgan fingerprint density at radius 2 is 1.88 bits per heavy atom. The van der Waals surface area contributed by atoms with Crippen molar-refractivity contribution in [3.05, 3.63) is 54.5 Å². The Labute approximate surface area is 185 Å². The van der Waals surface area contributed by atoms with Crippen LogP contribution >= 0.6 is 0 Å². The fourth-order valence-corrected chi connectivity index (χ4v) is 4.02. The van der Waals surface area contributed by atoms with Crippen LogP contribution in [-0.2, 0) is 32.7 Å². The van der Waals surface area contributed by atoms with Crippen molar-refractivity contribution >= 4 is 0 Å². The summed E-state index contributed by atoms with van der Waals surface area (Å²) in [7, 11) is 0. The van der Waals surface area contributed by atoms with Gasteiger partial charge in [-0.05, 0) is 42.7 Å². The average Bonchev–Trinajstić information content (AvgIpc) is 2.99. The van der Waals surface area contributed by atoms with Crippen LogP contribution in [0.1, 0.15) is 87.9 Å². The van der Waals surface area contributed by atoms with Crippen molar-refractivity contribution in [2.45, 2.75) is 82.8 Å². The van der Waals surface area contributed by atoms with Crippen LogP contribution in [-0.4, -0.2) is 16.3 Å². The van der Waals surface area contributed by atoms with Gasteiger partial charge in [0.05, 0.1) is 12.2 Å². The molecule has 0 aliphatic heterocycles. The first-order valence-electron chi connectivity index (χ1n) is 10.1. The number of benzene rings is 1. The summed E-state index contributed by atoms with van der Waals surface area (Å²) in [6.07, 6.45) is 13.1. The molecule has 0 heterocycles. The molecule has 1 aromatic rings. The van der Waals surface area contributed by atoms with Gasteiger partial charge in [0.25, 0.3) is 0 Å². The van der Waals surface area contributed by atoms with E-state index in [1.807, 2.05) is 12.1 Å². The van der Waals surface area contributed by atoms with Gasteiger partial charge in [0.2, 0.25) is 0 Å². The molecule has 143 valence electrons. The van der Waals surface area contributed by atoms with Crippen LogP contribution in [0, 0.1) is 12.8 Å². The monoisotopic (exact) mass is 432 g/mol. The summed E-state index contributed by atoms with van der Waals surface area (Å²) in [4.78, 5) is 0. The topological polar surface area (TPSA) is 40.5 Å². The van der Waals surface area contributed by atoms with Gasteiger partial charge in [0, 0.05) is 38.6 Å². The Morgan fingerprint density at radius 3 is 2.54 bits per heavy atom. The third-order valence-electron chi connectivity index (χ3n) is 5.52. The molecular weight excluding hydrogens is 397 g/mol. The third kappa shape index (κ3) is 7.19. The zero-order valence-corrected chi connectivity index (χ0v) is 19.2. The summed E-state index contributed by atoms with van der Waals surface area (Å²) in [6.45, 7) is 6.04. The largest absolute Gasteiger partial charge is 0.392 e. The van der Waals surface area contributed by atoms with Gasteiger partial charge in [-0.2, -0.15) is 6.42 Å². The Balaban J connectivity index is 0.00000338. The molecule has 0 bridgehead atoms. The summed E-state index contributed by atoms with van der Waals surface area (Å²) in [5.74, 6) is 0.729. The second-order valence-corrected chi connectivity index (χ2v) is 7.46. The minimum atomic E-state index is -0.365. The smallest absolute Gasteiger partial charge is 0.0790 e. The number of aliphatic hydroxyl groups is 2. The van der Waals surface area contributed by atoms with E-state index in [1.165, 1.54) is 18.4 Å². The Morgan fingerprint density at radius 1 is 1.15 bits per heavy atom. The number of hydrogen-bond donors (Lipinski definition) is 2. The first-order valence-corrected chi connectivity index (χ1v) is 10.1. The van der Waals surface area contributed by atoms with Gasteiger partial charge in [0.1, 0.15) is 0 Å². The normalized spacial score (nSPS) is 23.9. The quantitative estimate of drug-likeness (QED) is 0.282. The molecule has 2 nitrogen and oxygen atoms in total. The maximum Gasteiger partial charge on any atom is 0.0790 e. The van der Waals surface area contributed by atoms with Gasteiger partial charge in [-0.25, -0.2) is 0 Å². The van der Waals surface area contributed by atoms with Crippen molar-refractivity contribution < 1.29 is 42.9 Å². The molecule has 0 saturated heterocycles. The van der Waals surface area contributed by atoms with Crippen molar-refractivity contribution in [1.29, 1.82) is 0 Å². The molecule has 1 saturated carbocycles. The maximum atomic E-state index is 10.5. The Bertz CT molecular complexity index is 511. The van der Waals surface area contributed by atoms with Crippen molar-refractivity contribution in [1.82, 2.24) is 0 Å². The predicted molar refractivity (Wildman–Crippen MR) is 105 cm³/mol. The number of rotatable bonds is 10. The molecule has 1 radical (unpaired) electrons. The molecule has 26 heavy (non-hydrogen) atoms. The summed E-state index contributed by atoms with van der Waals surface area (Å²) in [5, 5.41) is 20.8. The molecule has 2 N–H and O–H groups in total. The van der Waals surface area contributed by atoms with Crippen LogP contribution in [0.3, 0.4) is 0 Å². The number of aliphatic hydroxyl groups excluding tert-OH is 2. The van der Waals surface area contributed by atoms with Crippen molar-refractivity contribution in [2.75, 3.05) is 0 Å². The van der Waals surface area contributed by atoms with Crippen LogP contribution in [0.5, 0.6) is 0 Å². The molecule has 1 unspecified atom stereocenters. The summed E-state index contributed by atoms with van der Waals surface area (Å²) in [5.41, 5.74) is 2.21. The molecule has 1 aliphatic rings. The summed E-state index contributed by atoms with van der Waals surface area (Å²) < 4.78 is 0. The zero-order chi connectivity index (χ0) is 18.1. The predicted octanol–water partition coefficient (Wildman–Crippen LogP) is 5.71. The van der Waals surface area contributed by atoms with E-state index in [0.29, 0.717) is 5.92 Å². The second kappa shape index (κ2) is 13.2. The molecule has 4 atom stereocenters. The van der Waals surface area contributed by atoms with E-state index < -0.39 is 0 Å². The zero-order valence-electron chi connectivity index (χ0n) is 16.3. The fraction of sp³-hybridized carbons (Fsp3) is 0.609. The number of allylic oxidation sites excluding steroid dienone is 2. The van der Waals surface area contributed by atoms with Gasteiger partial charge >= 0.3 is 0 Å². The molecule has 1 aliphatic carbocycles. The number of unbranched alkanes of at least 4 members (excludes halogenated alkanes) is 3. The fourth-order valence-electron chi connectivity index (χ4n) is 4.02. The van der Waals surface area contributed by atoms with Crippen molar-refractivity contribution in [2.24, 2.45) is 5.92 Å². The third-order valence-corrected chi connectivity index (χ3v) is 5.52. The summed E-state index contributed by atoms with van der Waals surface area (Å²) >= 11 is 0. The standard InChI is InChI=1S/C23H35O2.Y/c1-3-5-7-9-10-19-16-17-22(25)23(19)20-14-12-18(13-15-20)21(24)11-8-6-4-2;/h7,9,12-15,19,21-25H,1,3-6,8,10-11,16-17H2,2H3;/q-1;/b9-7-;/t19-,21?,22+,23-;/m0./s1. The average molecular weight is 432 g/mol. The van der Waals surface area contributed by atoms with Crippen molar-refractivity contribution in [3.8, 4) is 0 Å². The van der Waals surface area contributed by atoms with Gasteiger partial charge in [-0.15, -0.1) is 0 Å². The first kappa shape index (κ1) is 24.0. The molecule has 0 spiro atoms. The molecule has 0 aromatic heterocycles. The van der Waals surface area contributed by atoms with E-state index in [-0.39, 0.29) is 50.8 Å². The molecule has 1 fully saturated rings. The number of hydrogen-bond acceptors (Lipinski definition) is 2. The molecule has 2 rings (SSSR count). The van der Waals surface area contributed by atoms with E-state index in [2.05, 4.69) is 38.1 Å². The van der Waals surface area contributed by atoms with Crippen LogP contribution in [0.2, 0.25) is 0 Å². The van der Waals surface area contributed by atoms with E-state index in [9.17, 15) is 10.2 Å². The minimum Gasteiger partial charge on any atom is -0.392 e. The summed E-state index contributed by atoms with van der Waals surface area (Å²) in [6, 6.07) is 8.33.